The molecule has 2 unspecified atom stereocenters. The number of aromatic nitrogens is 1. The minimum absolute atomic E-state index is 0.108. The Balaban J connectivity index is 1.54. The fourth-order valence-electron chi connectivity index (χ4n) is 4.24. The van der Waals surface area contributed by atoms with Crippen molar-refractivity contribution >= 4 is 5.91 Å². The van der Waals surface area contributed by atoms with Gasteiger partial charge in [0.15, 0.2) is 0 Å². The number of benzene rings is 2. The van der Waals surface area contributed by atoms with E-state index in [1.165, 1.54) is 12.1 Å². The summed E-state index contributed by atoms with van der Waals surface area (Å²) in [6.07, 6.45) is 0.532. The largest absolute Gasteiger partial charge is 0.506 e. The van der Waals surface area contributed by atoms with Crippen molar-refractivity contribution in [3.63, 3.8) is 0 Å². The van der Waals surface area contributed by atoms with Gasteiger partial charge in [0.25, 0.3) is 0 Å². The van der Waals surface area contributed by atoms with E-state index in [0.717, 1.165) is 16.7 Å². The van der Waals surface area contributed by atoms with Crippen LogP contribution < -0.4 is 10.6 Å². The first-order chi connectivity index (χ1) is 17.7. The smallest absolute Gasteiger partial charge is 0.224 e. The molecule has 198 valence electrons. The molecule has 1 amide bonds. The van der Waals surface area contributed by atoms with Crippen LogP contribution in [-0.4, -0.2) is 56.0 Å². The van der Waals surface area contributed by atoms with Gasteiger partial charge in [-0.1, -0.05) is 54.6 Å². The maximum absolute atomic E-state index is 12.6. The molecule has 2 atom stereocenters. The van der Waals surface area contributed by atoms with Gasteiger partial charge in [-0.15, -0.1) is 0 Å². The summed E-state index contributed by atoms with van der Waals surface area (Å²) in [5.41, 5.74) is 3.11. The lowest BCUT2D eigenvalue weighted by Crippen LogP contribution is -2.43. The van der Waals surface area contributed by atoms with Gasteiger partial charge in [-0.2, -0.15) is 0 Å². The van der Waals surface area contributed by atoms with Crippen LogP contribution in [-0.2, 0) is 30.7 Å². The average molecular weight is 508 g/mol. The van der Waals surface area contributed by atoms with Crippen molar-refractivity contribution in [2.75, 3.05) is 13.2 Å². The van der Waals surface area contributed by atoms with Gasteiger partial charge < -0.3 is 31.1 Å². The van der Waals surface area contributed by atoms with Crippen LogP contribution in [0, 0.1) is 0 Å². The zero-order valence-corrected chi connectivity index (χ0v) is 21.4. The molecule has 0 aliphatic rings. The Bertz CT molecular complexity index is 1150. The zero-order valence-electron chi connectivity index (χ0n) is 21.4. The van der Waals surface area contributed by atoms with Crippen LogP contribution in [0.15, 0.2) is 66.7 Å². The number of carbonyl (C=O) groups is 1. The van der Waals surface area contributed by atoms with Gasteiger partial charge >= 0.3 is 0 Å². The zero-order chi connectivity index (χ0) is 26.8. The number of pyridine rings is 1. The Kier molecular flexibility index (Phi) is 10.2. The summed E-state index contributed by atoms with van der Waals surface area (Å²) in [7, 11) is 0. The number of hydrogen-bond acceptors (Lipinski definition) is 7. The molecule has 6 N–H and O–H groups in total. The van der Waals surface area contributed by atoms with Crippen LogP contribution >= 0.6 is 0 Å². The van der Waals surface area contributed by atoms with E-state index in [0.29, 0.717) is 18.5 Å². The molecule has 2 aromatic carbocycles. The van der Waals surface area contributed by atoms with Crippen LogP contribution in [0.3, 0.4) is 0 Å². The lowest BCUT2D eigenvalue weighted by Gasteiger charge is -2.28. The van der Waals surface area contributed by atoms with Gasteiger partial charge in [0.1, 0.15) is 17.5 Å². The molecule has 0 aliphatic heterocycles. The Hall–Kier alpha value is -3.30. The summed E-state index contributed by atoms with van der Waals surface area (Å²) in [6.45, 7) is 3.75. The minimum Gasteiger partial charge on any atom is -0.506 e. The van der Waals surface area contributed by atoms with Crippen LogP contribution in [0.25, 0.3) is 0 Å². The minimum atomic E-state index is -0.907. The molecule has 0 aliphatic carbocycles. The standard InChI is InChI=1S/C29H37N3O5/c1-29(2,30-17-27(36)24-11-12-26(35)25(19-34)32-24)16-22-10-6-9-21(13-22)15-28(37)31-23(18-33)14-20-7-4-3-5-8-20/h3-13,23,27,30,33-36H,14-19H2,1-2H3,(H,31,37). The third-order valence-electron chi connectivity index (χ3n) is 6.15. The highest BCUT2D eigenvalue weighted by molar-refractivity contribution is 5.79. The predicted octanol–water partition coefficient (Wildman–Crippen LogP) is 2.19. The lowest BCUT2D eigenvalue weighted by molar-refractivity contribution is -0.121. The van der Waals surface area contributed by atoms with Gasteiger partial charge in [0, 0.05) is 12.1 Å². The summed E-state index contributed by atoms with van der Waals surface area (Å²) in [5, 5.41) is 45.5. The van der Waals surface area contributed by atoms with E-state index in [-0.39, 0.29) is 48.5 Å². The molecule has 3 rings (SSSR count). The van der Waals surface area contributed by atoms with E-state index in [9.17, 15) is 25.2 Å². The second-order valence-corrected chi connectivity index (χ2v) is 9.95. The Morgan fingerprint density at radius 2 is 1.68 bits per heavy atom. The van der Waals surface area contributed by atoms with E-state index in [1.807, 2.05) is 68.4 Å². The van der Waals surface area contributed by atoms with Crippen molar-refractivity contribution in [2.24, 2.45) is 0 Å². The molecule has 0 fully saturated rings. The number of carbonyl (C=O) groups excluding carboxylic acids is 1. The molecule has 1 heterocycles. The van der Waals surface area contributed by atoms with Crippen LogP contribution in [0.5, 0.6) is 5.75 Å². The van der Waals surface area contributed by atoms with Gasteiger partial charge in [-0.05, 0) is 55.5 Å². The van der Waals surface area contributed by atoms with Crippen molar-refractivity contribution in [3.05, 3.63) is 94.8 Å². The van der Waals surface area contributed by atoms with E-state index >= 15 is 0 Å². The number of aliphatic hydroxyl groups is 3. The second kappa shape index (κ2) is 13.3. The number of β-amino-alcohol motifs (C(OH)–C–C–N with tert-alkyl or cyclic N) is 1. The van der Waals surface area contributed by atoms with Gasteiger partial charge in [0.2, 0.25) is 5.91 Å². The summed E-state index contributed by atoms with van der Waals surface area (Å²) in [5.74, 6) is -0.250. The van der Waals surface area contributed by atoms with E-state index < -0.39 is 12.7 Å². The van der Waals surface area contributed by atoms with Crippen molar-refractivity contribution in [2.45, 2.75) is 57.4 Å². The Morgan fingerprint density at radius 3 is 2.38 bits per heavy atom. The maximum Gasteiger partial charge on any atom is 0.224 e. The van der Waals surface area contributed by atoms with E-state index in [2.05, 4.69) is 15.6 Å². The number of aliphatic hydroxyl groups excluding tert-OH is 3. The predicted molar refractivity (Wildman–Crippen MR) is 142 cm³/mol. The first kappa shape index (κ1) is 28.3. The summed E-state index contributed by atoms with van der Waals surface area (Å²) in [4.78, 5) is 16.8. The SMILES string of the molecule is CC(C)(Cc1cccc(CC(=O)NC(CO)Cc2ccccc2)c1)NCC(O)c1ccc(O)c(CO)n1. The van der Waals surface area contributed by atoms with Crippen LogP contribution in [0.4, 0.5) is 0 Å². The van der Waals surface area contributed by atoms with Crippen molar-refractivity contribution in [1.82, 2.24) is 15.6 Å². The molecule has 0 radical (unpaired) electrons. The van der Waals surface area contributed by atoms with Crippen LogP contribution in [0.1, 0.15) is 48.0 Å². The second-order valence-electron chi connectivity index (χ2n) is 9.95. The van der Waals surface area contributed by atoms with Gasteiger partial charge in [-0.3, -0.25) is 4.79 Å². The highest BCUT2D eigenvalue weighted by Gasteiger charge is 2.21. The Morgan fingerprint density at radius 1 is 0.973 bits per heavy atom. The third kappa shape index (κ3) is 8.94. The summed E-state index contributed by atoms with van der Waals surface area (Å²) < 4.78 is 0. The molecule has 37 heavy (non-hydrogen) atoms. The molecule has 0 bridgehead atoms. The number of hydrogen-bond donors (Lipinski definition) is 6. The van der Waals surface area contributed by atoms with E-state index in [4.69, 9.17) is 0 Å². The van der Waals surface area contributed by atoms with Crippen LogP contribution in [0.2, 0.25) is 0 Å². The molecule has 8 nitrogen and oxygen atoms in total. The fourth-order valence-corrected chi connectivity index (χ4v) is 4.24. The first-order valence-corrected chi connectivity index (χ1v) is 12.4. The molecule has 0 saturated heterocycles. The third-order valence-corrected chi connectivity index (χ3v) is 6.15. The van der Waals surface area contributed by atoms with Crippen molar-refractivity contribution in [1.29, 1.82) is 0 Å². The quantitative estimate of drug-likeness (QED) is 0.209. The highest BCUT2D eigenvalue weighted by Crippen LogP contribution is 2.20. The molecular weight excluding hydrogens is 470 g/mol. The normalized spacial score (nSPS) is 13.2. The number of nitrogens with zero attached hydrogens (tertiary/aromatic N) is 1. The number of rotatable bonds is 13. The van der Waals surface area contributed by atoms with Gasteiger partial charge in [-0.25, -0.2) is 4.98 Å². The van der Waals surface area contributed by atoms with Gasteiger partial charge in [0.05, 0.1) is 31.4 Å². The molecule has 3 aromatic rings. The topological polar surface area (TPSA) is 135 Å². The molecular formula is C29H37N3O5. The molecule has 0 saturated carbocycles. The molecule has 1 aromatic heterocycles. The summed E-state index contributed by atoms with van der Waals surface area (Å²) >= 11 is 0. The molecule has 8 heteroatoms. The van der Waals surface area contributed by atoms with Crippen molar-refractivity contribution in [3.8, 4) is 5.75 Å². The number of aromatic hydroxyl groups is 1. The van der Waals surface area contributed by atoms with E-state index in [1.54, 1.807) is 0 Å². The maximum atomic E-state index is 12.6. The molecule has 0 spiro atoms. The first-order valence-electron chi connectivity index (χ1n) is 12.4. The number of amides is 1. The average Bonchev–Trinajstić information content (AvgIpc) is 2.87. The fraction of sp³-hybridized carbons (Fsp3) is 0.379. The highest BCUT2D eigenvalue weighted by atomic mass is 16.3. The monoisotopic (exact) mass is 507 g/mol. The summed E-state index contributed by atoms with van der Waals surface area (Å²) in [6, 6.07) is 20.2. The van der Waals surface area contributed by atoms with Crippen molar-refractivity contribution < 1.29 is 25.2 Å². The lowest BCUT2D eigenvalue weighted by atomic mass is 9.93. The Labute approximate surface area is 218 Å². The number of nitrogens with one attached hydrogen (secondary N) is 2.